The monoisotopic (exact) mass is 393 g/mol. The lowest BCUT2D eigenvalue weighted by Gasteiger charge is -2.16. The lowest BCUT2D eigenvalue weighted by molar-refractivity contribution is 0.396. The van der Waals surface area contributed by atoms with Gasteiger partial charge in [-0.2, -0.15) is 22.0 Å². The highest BCUT2D eigenvalue weighted by molar-refractivity contribution is 7.98. The number of imidazole rings is 1. The quantitative estimate of drug-likeness (QED) is 0.479. The molecule has 0 bridgehead atoms. The molecular weight excluding hydrogens is 370 g/mol. The molecule has 0 amide bonds. The molecule has 5 rings (SSSR count). The van der Waals surface area contributed by atoms with Crippen LogP contribution in [0.3, 0.4) is 0 Å². The minimum Gasteiger partial charge on any atom is -0.284 e. The van der Waals surface area contributed by atoms with Gasteiger partial charge >= 0.3 is 0 Å². The third-order valence-corrected chi connectivity index (χ3v) is 6.02. The second-order valence-corrected chi connectivity index (χ2v) is 8.40. The Morgan fingerprint density at radius 2 is 2.04 bits per heavy atom. The van der Waals surface area contributed by atoms with Crippen molar-refractivity contribution in [2.45, 2.75) is 25.3 Å². The Bertz CT molecular complexity index is 1100. The van der Waals surface area contributed by atoms with E-state index in [1.807, 2.05) is 60.3 Å². The standard InChI is InChI=1S/C20H23N7S/c1-25-12-15(10-22-25)17-9-19-21-6-7-26(19)20(24-17)16-11-23-27(13-16)18(5-8-28-2)14-3-4-14/h6-7,9-14,18H,3-5,8H2,1-2H3. The van der Waals surface area contributed by atoms with E-state index in [0.29, 0.717) is 6.04 Å². The summed E-state index contributed by atoms with van der Waals surface area (Å²) in [6.07, 6.45) is 17.6. The highest BCUT2D eigenvalue weighted by Gasteiger charge is 2.32. The first kappa shape index (κ1) is 17.5. The molecule has 0 aliphatic heterocycles. The maximum absolute atomic E-state index is 4.93. The van der Waals surface area contributed by atoms with Crippen LogP contribution in [0.25, 0.3) is 28.3 Å². The Morgan fingerprint density at radius 1 is 1.18 bits per heavy atom. The number of thioether (sulfide) groups is 1. The van der Waals surface area contributed by atoms with Gasteiger partial charge in [0.2, 0.25) is 0 Å². The van der Waals surface area contributed by atoms with Crippen LogP contribution < -0.4 is 0 Å². The lowest BCUT2D eigenvalue weighted by atomic mass is 10.1. The fourth-order valence-corrected chi connectivity index (χ4v) is 4.24. The molecule has 1 saturated carbocycles. The number of nitrogens with zero attached hydrogens (tertiary/aromatic N) is 7. The summed E-state index contributed by atoms with van der Waals surface area (Å²) in [4.78, 5) is 9.42. The molecule has 4 aromatic heterocycles. The molecule has 144 valence electrons. The molecule has 1 aliphatic rings. The summed E-state index contributed by atoms with van der Waals surface area (Å²) in [5.41, 5.74) is 3.74. The summed E-state index contributed by atoms with van der Waals surface area (Å²) in [7, 11) is 1.91. The van der Waals surface area contributed by atoms with E-state index in [4.69, 9.17) is 10.1 Å². The molecule has 7 nitrogen and oxygen atoms in total. The second-order valence-electron chi connectivity index (χ2n) is 7.42. The van der Waals surface area contributed by atoms with Gasteiger partial charge in [0.25, 0.3) is 0 Å². The number of fused-ring (bicyclic) bond motifs is 1. The van der Waals surface area contributed by atoms with Crippen LogP contribution in [0.4, 0.5) is 0 Å². The SMILES string of the molecule is CSCCC(C1CC1)n1cc(-c2nc(-c3cnn(C)c3)cc3nccn23)cn1. The molecule has 4 heterocycles. The second kappa shape index (κ2) is 7.09. The van der Waals surface area contributed by atoms with Crippen molar-refractivity contribution in [2.24, 2.45) is 13.0 Å². The highest BCUT2D eigenvalue weighted by Crippen LogP contribution is 2.42. The molecule has 0 radical (unpaired) electrons. The Hall–Kier alpha value is -2.61. The summed E-state index contributed by atoms with van der Waals surface area (Å²) < 4.78 is 5.97. The van der Waals surface area contributed by atoms with Crippen LogP contribution in [0.2, 0.25) is 0 Å². The van der Waals surface area contributed by atoms with E-state index < -0.39 is 0 Å². The van der Waals surface area contributed by atoms with Gasteiger partial charge in [-0.05, 0) is 37.2 Å². The molecule has 0 N–H and O–H groups in total. The van der Waals surface area contributed by atoms with Gasteiger partial charge in [-0.15, -0.1) is 0 Å². The zero-order valence-corrected chi connectivity index (χ0v) is 16.9. The van der Waals surface area contributed by atoms with Crippen LogP contribution in [0.15, 0.2) is 43.2 Å². The van der Waals surface area contributed by atoms with Crippen molar-refractivity contribution >= 4 is 17.4 Å². The van der Waals surface area contributed by atoms with Gasteiger partial charge < -0.3 is 0 Å². The van der Waals surface area contributed by atoms with Gasteiger partial charge in [0.05, 0.1) is 29.7 Å². The zero-order valence-electron chi connectivity index (χ0n) is 16.1. The third kappa shape index (κ3) is 3.22. The van der Waals surface area contributed by atoms with E-state index in [9.17, 15) is 0 Å². The molecule has 1 fully saturated rings. The zero-order chi connectivity index (χ0) is 19.1. The Morgan fingerprint density at radius 3 is 2.79 bits per heavy atom. The van der Waals surface area contributed by atoms with Gasteiger partial charge in [-0.3, -0.25) is 13.8 Å². The van der Waals surface area contributed by atoms with E-state index >= 15 is 0 Å². The van der Waals surface area contributed by atoms with Gasteiger partial charge in [0.15, 0.2) is 0 Å². The summed E-state index contributed by atoms with van der Waals surface area (Å²) in [5.74, 6) is 2.79. The maximum Gasteiger partial charge on any atom is 0.149 e. The number of hydrogen-bond acceptors (Lipinski definition) is 5. The van der Waals surface area contributed by atoms with E-state index in [1.54, 1.807) is 4.68 Å². The van der Waals surface area contributed by atoms with Crippen LogP contribution in [0.1, 0.15) is 25.3 Å². The van der Waals surface area contributed by atoms with Gasteiger partial charge in [-0.1, -0.05) is 0 Å². The maximum atomic E-state index is 4.93. The fourth-order valence-electron chi connectivity index (χ4n) is 3.77. The Kier molecular flexibility index (Phi) is 4.43. The van der Waals surface area contributed by atoms with Crippen molar-refractivity contribution in [1.82, 2.24) is 33.9 Å². The molecule has 8 heteroatoms. The van der Waals surface area contributed by atoms with Gasteiger partial charge in [0.1, 0.15) is 11.5 Å². The Balaban J connectivity index is 1.55. The fraction of sp³-hybridized carbons (Fsp3) is 0.400. The smallest absolute Gasteiger partial charge is 0.149 e. The normalized spacial score (nSPS) is 15.4. The molecule has 28 heavy (non-hydrogen) atoms. The first-order valence-electron chi connectivity index (χ1n) is 9.59. The summed E-state index contributed by atoms with van der Waals surface area (Å²) in [6, 6.07) is 2.48. The van der Waals surface area contributed by atoms with Crippen LogP contribution in [0.5, 0.6) is 0 Å². The lowest BCUT2D eigenvalue weighted by Crippen LogP contribution is -2.12. The first-order chi connectivity index (χ1) is 13.7. The van der Waals surface area contributed by atoms with Crippen molar-refractivity contribution in [3.63, 3.8) is 0 Å². The van der Waals surface area contributed by atoms with E-state index in [-0.39, 0.29) is 0 Å². The topological polar surface area (TPSA) is 65.8 Å². The minimum atomic E-state index is 0.487. The molecule has 1 atom stereocenters. The van der Waals surface area contributed by atoms with Crippen LogP contribution in [-0.2, 0) is 7.05 Å². The largest absolute Gasteiger partial charge is 0.284 e. The van der Waals surface area contributed by atoms with Crippen molar-refractivity contribution in [3.05, 3.63) is 43.2 Å². The summed E-state index contributed by atoms with van der Waals surface area (Å²) in [5, 5.41) is 9.00. The average Bonchev–Trinajstić information content (AvgIpc) is 3.10. The van der Waals surface area contributed by atoms with Crippen molar-refractivity contribution < 1.29 is 0 Å². The minimum absolute atomic E-state index is 0.487. The number of aryl methyl sites for hydroxylation is 1. The van der Waals surface area contributed by atoms with Gasteiger partial charge in [-0.25, -0.2) is 9.97 Å². The van der Waals surface area contributed by atoms with E-state index in [0.717, 1.165) is 46.4 Å². The number of aromatic nitrogens is 7. The summed E-state index contributed by atoms with van der Waals surface area (Å²) in [6.45, 7) is 0. The van der Waals surface area contributed by atoms with Crippen LogP contribution >= 0.6 is 11.8 Å². The predicted molar refractivity (Wildman–Crippen MR) is 111 cm³/mol. The van der Waals surface area contributed by atoms with Crippen molar-refractivity contribution in [3.8, 4) is 22.6 Å². The predicted octanol–water partition coefficient (Wildman–Crippen LogP) is 3.70. The van der Waals surface area contributed by atoms with Crippen LogP contribution in [-0.4, -0.2) is 45.9 Å². The molecule has 4 aromatic rings. The molecule has 0 saturated heterocycles. The van der Waals surface area contributed by atoms with Crippen molar-refractivity contribution in [2.75, 3.05) is 12.0 Å². The van der Waals surface area contributed by atoms with E-state index in [1.165, 1.54) is 12.8 Å². The van der Waals surface area contributed by atoms with Gasteiger partial charge in [0, 0.05) is 43.5 Å². The third-order valence-electron chi connectivity index (χ3n) is 5.37. The molecule has 0 aromatic carbocycles. The summed E-state index contributed by atoms with van der Waals surface area (Å²) >= 11 is 1.90. The molecular formula is C20H23N7S. The molecule has 0 spiro atoms. The first-order valence-corrected chi connectivity index (χ1v) is 11.0. The molecule has 1 unspecified atom stereocenters. The highest BCUT2D eigenvalue weighted by atomic mass is 32.2. The number of rotatable bonds is 7. The van der Waals surface area contributed by atoms with Crippen LogP contribution in [0, 0.1) is 5.92 Å². The Labute approximate surface area is 167 Å². The average molecular weight is 394 g/mol. The van der Waals surface area contributed by atoms with Crippen molar-refractivity contribution in [1.29, 1.82) is 0 Å². The molecule has 1 aliphatic carbocycles. The van der Waals surface area contributed by atoms with E-state index in [2.05, 4.69) is 27.2 Å². The number of hydrogen-bond donors (Lipinski definition) is 0.